The second kappa shape index (κ2) is 4.09. The highest BCUT2D eigenvalue weighted by Crippen LogP contribution is 2.12. The first-order valence-electron chi connectivity index (χ1n) is 4.78. The number of aromatic nitrogens is 1. The molecule has 2 heterocycles. The van der Waals surface area contributed by atoms with Crippen molar-refractivity contribution in [2.45, 2.75) is 13.0 Å². The lowest BCUT2D eigenvalue weighted by Gasteiger charge is -2.05. The van der Waals surface area contributed by atoms with Gasteiger partial charge in [-0.1, -0.05) is 6.07 Å². The van der Waals surface area contributed by atoms with Gasteiger partial charge in [0.15, 0.2) is 0 Å². The Morgan fingerprint density at radius 3 is 2.50 bits per heavy atom. The fraction of sp³-hybridized carbons (Fsp3) is 0.200. The molecule has 1 fully saturated rings. The van der Waals surface area contributed by atoms with Gasteiger partial charge in [0.2, 0.25) is 5.96 Å². The van der Waals surface area contributed by atoms with Gasteiger partial charge in [0, 0.05) is 6.20 Å². The van der Waals surface area contributed by atoms with Gasteiger partial charge in [-0.15, -0.1) is 0 Å². The second-order valence-corrected chi connectivity index (χ2v) is 3.32. The fourth-order valence-electron chi connectivity index (χ4n) is 1.31. The molecule has 1 aliphatic heterocycles. The van der Waals surface area contributed by atoms with Crippen LogP contribution in [0.3, 0.4) is 0 Å². The Morgan fingerprint density at radius 1 is 1.25 bits per heavy atom. The lowest BCUT2D eigenvalue weighted by Crippen LogP contribution is -2.26. The van der Waals surface area contributed by atoms with Crippen LogP contribution in [0.4, 0.5) is 0 Å². The number of guanidine groups is 1. The molecule has 16 heavy (non-hydrogen) atoms. The van der Waals surface area contributed by atoms with E-state index in [1.54, 1.807) is 6.20 Å². The van der Waals surface area contributed by atoms with Gasteiger partial charge in [0.25, 0.3) is 0 Å². The standard InChI is InChI=1S/C10H10N4O2/c1-6(7-4-2-3-5-11-7)12-10-13-8(15)9(16)14-10/h2-6H,1H3,(H2,12,13,14,15,16). The monoisotopic (exact) mass is 218 g/mol. The zero-order valence-electron chi connectivity index (χ0n) is 8.60. The fourth-order valence-corrected chi connectivity index (χ4v) is 1.31. The first-order valence-corrected chi connectivity index (χ1v) is 4.78. The number of hydrogen-bond donors (Lipinski definition) is 2. The molecule has 1 aromatic heterocycles. The third-order valence-corrected chi connectivity index (χ3v) is 2.11. The van der Waals surface area contributed by atoms with Crippen LogP contribution in [0.15, 0.2) is 29.4 Å². The Labute approximate surface area is 91.8 Å². The minimum absolute atomic E-state index is 0.174. The van der Waals surface area contributed by atoms with Crippen LogP contribution in [0.25, 0.3) is 0 Å². The molecule has 2 N–H and O–H groups in total. The maximum atomic E-state index is 10.9. The lowest BCUT2D eigenvalue weighted by molar-refractivity contribution is -0.135. The number of pyridine rings is 1. The minimum atomic E-state index is -0.688. The Hall–Kier alpha value is -2.24. The van der Waals surface area contributed by atoms with Crippen LogP contribution in [0, 0.1) is 0 Å². The normalized spacial score (nSPS) is 16.7. The third-order valence-electron chi connectivity index (χ3n) is 2.11. The molecule has 1 atom stereocenters. The number of nitrogens with one attached hydrogen (secondary N) is 2. The van der Waals surface area contributed by atoms with E-state index < -0.39 is 11.8 Å². The van der Waals surface area contributed by atoms with E-state index >= 15 is 0 Å². The van der Waals surface area contributed by atoms with Gasteiger partial charge >= 0.3 is 11.8 Å². The number of carbonyl (C=O) groups excluding carboxylic acids is 2. The summed E-state index contributed by atoms with van der Waals surface area (Å²) in [4.78, 5) is 30.0. The smallest absolute Gasteiger partial charge is 0.288 e. The van der Waals surface area contributed by atoms with Crippen molar-refractivity contribution in [3.63, 3.8) is 0 Å². The molecule has 0 bridgehead atoms. The molecule has 2 amide bonds. The van der Waals surface area contributed by atoms with Crippen molar-refractivity contribution in [1.29, 1.82) is 0 Å². The molecule has 0 aromatic carbocycles. The van der Waals surface area contributed by atoms with Crippen molar-refractivity contribution < 1.29 is 9.59 Å². The number of amides is 2. The SMILES string of the molecule is CC(N=C1NC(=O)C(=O)N1)c1ccccn1. The highest BCUT2D eigenvalue weighted by molar-refractivity contribution is 6.45. The van der Waals surface area contributed by atoms with E-state index in [-0.39, 0.29) is 12.0 Å². The molecule has 0 radical (unpaired) electrons. The number of nitrogens with zero attached hydrogens (tertiary/aromatic N) is 2. The Balaban J connectivity index is 2.14. The average Bonchev–Trinajstić information content (AvgIpc) is 2.59. The number of aliphatic imine (C=N–C) groups is 1. The highest BCUT2D eigenvalue weighted by Gasteiger charge is 2.25. The summed E-state index contributed by atoms with van der Waals surface area (Å²) < 4.78 is 0. The summed E-state index contributed by atoms with van der Waals surface area (Å²) in [5.74, 6) is -1.20. The van der Waals surface area contributed by atoms with Crippen molar-refractivity contribution in [3.05, 3.63) is 30.1 Å². The summed E-state index contributed by atoms with van der Waals surface area (Å²) in [6, 6.07) is 5.26. The zero-order valence-corrected chi connectivity index (χ0v) is 8.60. The van der Waals surface area contributed by atoms with E-state index in [1.807, 2.05) is 25.1 Å². The van der Waals surface area contributed by atoms with E-state index in [4.69, 9.17) is 0 Å². The predicted molar refractivity (Wildman–Crippen MR) is 56.4 cm³/mol. The van der Waals surface area contributed by atoms with Crippen LogP contribution in [0.2, 0.25) is 0 Å². The topological polar surface area (TPSA) is 83.5 Å². The van der Waals surface area contributed by atoms with Crippen molar-refractivity contribution in [2.24, 2.45) is 4.99 Å². The van der Waals surface area contributed by atoms with Crippen LogP contribution in [-0.4, -0.2) is 22.8 Å². The van der Waals surface area contributed by atoms with Gasteiger partial charge in [-0.3, -0.25) is 25.2 Å². The number of carbonyl (C=O) groups is 2. The predicted octanol–water partition coefficient (Wildman–Crippen LogP) is -0.255. The number of hydrogen-bond acceptors (Lipinski definition) is 4. The Morgan fingerprint density at radius 2 is 1.94 bits per heavy atom. The molecule has 1 aromatic rings. The van der Waals surface area contributed by atoms with Gasteiger partial charge < -0.3 is 0 Å². The highest BCUT2D eigenvalue weighted by atomic mass is 16.2. The molecule has 0 saturated carbocycles. The van der Waals surface area contributed by atoms with Crippen molar-refractivity contribution >= 4 is 17.8 Å². The van der Waals surface area contributed by atoms with E-state index in [1.165, 1.54) is 0 Å². The minimum Gasteiger partial charge on any atom is -0.288 e. The molecular formula is C10H10N4O2. The summed E-state index contributed by atoms with van der Waals surface area (Å²) in [5.41, 5.74) is 0.769. The molecule has 6 heteroatoms. The second-order valence-electron chi connectivity index (χ2n) is 3.32. The van der Waals surface area contributed by atoms with Gasteiger partial charge in [0.05, 0.1) is 11.7 Å². The molecule has 1 saturated heterocycles. The molecule has 82 valence electrons. The van der Waals surface area contributed by atoms with Gasteiger partial charge in [0.1, 0.15) is 0 Å². The first-order chi connectivity index (χ1) is 7.66. The van der Waals surface area contributed by atoms with Gasteiger partial charge in [-0.05, 0) is 19.1 Å². The zero-order chi connectivity index (χ0) is 11.5. The Kier molecular flexibility index (Phi) is 2.63. The quantitative estimate of drug-likeness (QED) is 0.671. The maximum absolute atomic E-state index is 10.9. The average molecular weight is 218 g/mol. The molecule has 1 aliphatic rings. The van der Waals surface area contributed by atoms with Crippen molar-refractivity contribution in [1.82, 2.24) is 15.6 Å². The van der Waals surface area contributed by atoms with E-state index in [2.05, 4.69) is 20.6 Å². The summed E-state index contributed by atoms with van der Waals surface area (Å²) >= 11 is 0. The van der Waals surface area contributed by atoms with Crippen molar-refractivity contribution in [3.8, 4) is 0 Å². The van der Waals surface area contributed by atoms with E-state index in [0.29, 0.717) is 0 Å². The summed E-state index contributed by atoms with van der Waals surface area (Å²) in [6.45, 7) is 1.83. The third kappa shape index (κ3) is 2.05. The molecule has 0 spiro atoms. The van der Waals surface area contributed by atoms with Crippen LogP contribution < -0.4 is 10.6 Å². The molecule has 0 aliphatic carbocycles. The van der Waals surface area contributed by atoms with Gasteiger partial charge in [-0.25, -0.2) is 4.99 Å². The first kappa shape index (κ1) is 10.3. The molecular weight excluding hydrogens is 208 g/mol. The van der Waals surface area contributed by atoms with E-state index in [9.17, 15) is 9.59 Å². The largest absolute Gasteiger partial charge is 0.316 e. The molecule has 6 nitrogen and oxygen atoms in total. The summed E-state index contributed by atoms with van der Waals surface area (Å²) in [5, 5.41) is 4.65. The molecule has 1 unspecified atom stereocenters. The Bertz CT molecular complexity index is 437. The number of rotatable bonds is 2. The van der Waals surface area contributed by atoms with E-state index in [0.717, 1.165) is 5.69 Å². The van der Waals surface area contributed by atoms with Crippen molar-refractivity contribution in [2.75, 3.05) is 0 Å². The summed E-state index contributed by atoms with van der Waals surface area (Å²) in [7, 11) is 0. The van der Waals surface area contributed by atoms with Crippen LogP contribution in [0.1, 0.15) is 18.7 Å². The molecule has 2 rings (SSSR count). The van der Waals surface area contributed by atoms with Crippen LogP contribution in [-0.2, 0) is 9.59 Å². The van der Waals surface area contributed by atoms with Gasteiger partial charge in [-0.2, -0.15) is 0 Å². The maximum Gasteiger partial charge on any atom is 0.316 e. The van der Waals surface area contributed by atoms with Crippen LogP contribution in [0.5, 0.6) is 0 Å². The lowest BCUT2D eigenvalue weighted by atomic mass is 10.2. The van der Waals surface area contributed by atoms with Crippen LogP contribution >= 0.6 is 0 Å². The summed E-state index contributed by atoms with van der Waals surface area (Å²) in [6.07, 6.45) is 1.66.